The molecule has 0 aliphatic carbocycles. The van der Waals surface area contributed by atoms with E-state index < -0.39 is 5.60 Å². The highest BCUT2D eigenvalue weighted by atomic mass is 32.2. The molecule has 0 aromatic heterocycles. The number of halogens is 1. The van der Waals surface area contributed by atoms with Gasteiger partial charge in [0, 0.05) is 24.0 Å². The van der Waals surface area contributed by atoms with Crippen LogP contribution in [0.15, 0.2) is 29.2 Å². The molecule has 1 fully saturated rings. The lowest BCUT2D eigenvalue weighted by Gasteiger charge is -2.33. The zero-order valence-electron chi connectivity index (χ0n) is 14.9. The summed E-state index contributed by atoms with van der Waals surface area (Å²) in [5.74, 6) is -0.261. The van der Waals surface area contributed by atoms with Crippen LogP contribution < -0.4 is 5.32 Å². The Morgan fingerprint density at radius 1 is 1.28 bits per heavy atom. The van der Waals surface area contributed by atoms with E-state index >= 15 is 0 Å². The molecule has 25 heavy (non-hydrogen) atoms. The summed E-state index contributed by atoms with van der Waals surface area (Å²) >= 11 is 1.18. The normalized spacial score (nSPS) is 15.8. The fourth-order valence-electron chi connectivity index (χ4n) is 2.51. The Kier molecular flexibility index (Phi) is 6.70. The maximum absolute atomic E-state index is 13.5. The molecule has 0 bridgehead atoms. The Morgan fingerprint density at radius 2 is 1.92 bits per heavy atom. The molecular weight excluding hydrogens is 343 g/mol. The summed E-state index contributed by atoms with van der Waals surface area (Å²) in [6.07, 6.45) is 1.07. The van der Waals surface area contributed by atoms with Crippen molar-refractivity contribution in [1.82, 2.24) is 10.2 Å². The van der Waals surface area contributed by atoms with E-state index in [2.05, 4.69) is 5.32 Å². The van der Waals surface area contributed by atoms with Crippen LogP contribution in [0.2, 0.25) is 0 Å². The third-order valence-electron chi connectivity index (χ3n) is 3.71. The summed E-state index contributed by atoms with van der Waals surface area (Å²) in [5.41, 5.74) is -0.508. The van der Waals surface area contributed by atoms with Crippen molar-refractivity contribution in [2.24, 2.45) is 0 Å². The number of nitrogens with zero attached hydrogens (tertiary/aromatic N) is 1. The third kappa shape index (κ3) is 6.57. The summed E-state index contributed by atoms with van der Waals surface area (Å²) in [6.45, 7) is 6.63. The number of hydrogen-bond acceptors (Lipinski definition) is 4. The maximum Gasteiger partial charge on any atom is 0.410 e. The number of amides is 2. The fraction of sp³-hybridized carbons (Fsp3) is 0.556. The van der Waals surface area contributed by atoms with E-state index in [9.17, 15) is 14.0 Å². The Balaban J connectivity index is 1.72. The highest BCUT2D eigenvalue weighted by Gasteiger charge is 2.27. The van der Waals surface area contributed by atoms with E-state index in [4.69, 9.17) is 4.74 Å². The van der Waals surface area contributed by atoms with Crippen molar-refractivity contribution in [2.45, 2.75) is 50.2 Å². The van der Waals surface area contributed by atoms with E-state index in [0.29, 0.717) is 30.8 Å². The van der Waals surface area contributed by atoms with Crippen LogP contribution in [0.25, 0.3) is 0 Å². The van der Waals surface area contributed by atoms with Crippen molar-refractivity contribution in [1.29, 1.82) is 0 Å². The van der Waals surface area contributed by atoms with Gasteiger partial charge in [0.25, 0.3) is 0 Å². The SMILES string of the molecule is CC(C)(C)OC(=O)N1CCC(NC(=O)CSc2ccccc2F)CC1. The van der Waals surface area contributed by atoms with E-state index in [0.717, 1.165) is 0 Å². The summed E-state index contributed by atoms with van der Waals surface area (Å²) < 4.78 is 18.9. The van der Waals surface area contributed by atoms with Crippen LogP contribution in [0.1, 0.15) is 33.6 Å². The Morgan fingerprint density at radius 3 is 2.52 bits per heavy atom. The summed E-state index contributed by atoms with van der Waals surface area (Å²) in [7, 11) is 0. The van der Waals surface area contributed by atoms with E-state index in [-0.39, 0.29) is 29.6 Å². The van der Waals surface area contributed by atoms with Gasteiger partial charge in [0.05, 0.1) is 5.75 Å². The summed E-state index contributed by atoms with van der Waals surface area (Å²) in [4.78, 5) is 26.2. The van der Waals surface area contributed by atoms with Crippen molar-refractivity contribution in [3.63, 3.8) is 0 Å². The minimum Gasteiger partial charge on any atom is -0.444 e. The van der Waals surface area contributed by atoms with Gasteiger partial charge in [0.2, 0.25) is 5.91 Å². The van der Waals surface area contributed by atoms with Crippen molar-refractivity contribution in [3.8, 4) is 0 Å². The van der Waals surface area contributed by atoms with Crippen molar-refractivity contribution in [3.05, 3.63) is 30.1 Å². The number of carbonyl (C=O) groups excluding carboxylic acids is 2. The molecule has 2 rings (SSSR count). The molecule has 1 N–H and O–H groups in total. The smallest absolute Gasteiger partial charge is 0.410 e. The van der Waals surface area contributed by atoms with Crippen LogP contribution in [-0.4, -0.2) is 47.4 Å². The number of piperidine rings is 1. The number of carbonyl (C=O) groups is 2. The number of thioether (sulfide) groups is 1. The molecule has 0 spiro atoms. The molecule has 0 saturated carbocycles. The van der Waals surface area contributed by atoms with Gasteiger partial charge < -0.3 is 15.0 Å². The average Bonchev–Trinajstić information content (AvgIpc) is 2.53. The Hall–Kier alpha value is -1.76. The highest BCUT2D eigenvalue weighted by molar-refractivity contribution is 8.00. The fourth-order valence-corrected chi connectivity index (χ4v) is 3.26. The van der Waals surface area contributed by atoms with Gasteiger partial charge >= 0.3 is 6.09 Å². The minimum atomic E-state index is -0.508. The van der Waals surface area contributed by atoms with E-state index in [1.54, 1.807) is 23.1 Å². The molecule has 1 aliphatic heterocycles. The first-order valence-electron chi connectivity index (χ1n) is 8.39. The zero-order chi connectivity index (χ0) is 18.4. The maximum atomic E-state index is 13.5. The minimum absolute atomic E-state index is 0.0346. The summed E-state index contributed by atoms with van der Waals surface area (Å²) in [5, 5.41) is 2.96. The molecule has 2 amide bonds. The van der Waals surface area contributed by atoms with E-state index in [1.807, 2.05) is 20.8 Å². The number of likely N-dealkylation sites (tertiary alicyclic amines) is 1. The molecular formula is C18H25FN2O3S. The second-order valence-corrected chi connectivity index (χ2v) is 8.05. The molecule has 1 aromatic carbocycles. The Labute approximate surface area is 152 Å². The van der Waals surface area contributed by atoms with Crippen LogP contribution in [0.4, 0.5) is 9.18 Å². The Bertz CT molecular complexity index is 611. The molecule has 5 nitrogen and oxygen atoms in total. The van der Waals surface area contributed by atoms with Crippen molar-refractivity contribution in [2.75, 3.05) is 18.8 Å². The molecule has 0 atom stereocenters. The van der Waals surface area contributed by atoms with Gasteiger partial charge in [0.15, 0.2) is 0 Å². The lowest BCUT2D eigenvalue weighted by Crippen LogP contribution is -2.48. The monoisotopic (exact) mass is 368 g/mol. The zero-order valence-corrected chi connectivity index (χ0v) is 15.7. The third-order valence-corrected chi connectivity index (χ3v) is 4.76. The van der Waals surface area contributed by atoms with Gasteiger partial charge in [-0.25, -0.2) is 9.18 Å². The number of benzene rings is 1. The predicted octanol–water partition coefficient (Wildman–Crippen LogP) is 3.43. The predicted molar refractivity (Wildman–Crippen MR) is 96.1 cm³/mol. The van der Waals surface area contributed by atoms with Crippen LogP contribution in [0.3, 0.4) is 0 Å². The molecule has 1 saturated heterocycles. The topological polar surface area (TPSA) is 58.6 Å². The second-order valence-electron chi connectivity index (χ2n) is 7.03. The van der Waals surface area contributed by atoms with Gasteiger partial charge in [-0.3, -0.25) is 4.79 Å². The highest BCUT2D eigenvalue weighted by Crippen LogP contribution is 2.21. The molecule has 7 heteroatoms. The van der Waals surface area contributed by atoms with Gasteiger partial charge in [-0.15, -0.1) is 11.8 Å². The lowest BCUT2D eigenvalue weighted by molar-refractivity contribution is -0.119. The lowest BCUT2D eigenvalue weighted by atomic mass is 10.1. The van der Waals surface area contributed by atoms with Gasteiger partial charge in [-0.05, 0) is 45.7 Å². The van der Waals surface area contributed by atoms with E-state index in [1.165, 1.54) is 17.8 Å². The summed E-state index contributed by atoms with van der Waals surface area (Å²) in [6, 6.07) is 6.44. The first-order valence-corrected chi connectivity index (χ1v) is 9.38. The molecule has 0 radical (unpaired) electrons. The quantitative estimate of drug-likeness (QED) is 0.827. The largest absolute Gasteiger partial charge is 0.444 e. The first kappa shape index (κ1) is 19.6. The van der Waals surface area contributed by atoms with Gasteiger partial charge in [0.1, 0.15) is 11.4 Å². The second kappa shape index (κ2) is 8.56. The molecule has 1 aliphatic rings. The van der Waals surface area contributed by atoms with Crippen LogP contribution in [0, 0.1) is 5.82 Å². The first-order chi connectivity index (χ1) is 11.7. The van der Waals surface area contributed by atoms with Gasteiger partial charge in [-0.1, -0.05) is 12.1 Å². The molecule has 1 aromatic rings. The number of ether oxygens (including phenoxy) is 1. The van der Waals surface area contributed by atoms with Gasteiger partial charge in [-0.2, -0.15) is 0 Å². The average molecular weight is 368 g/mol. The number of nitrogens with one attached hydrogen (secondary N) is 1. The number of hydrogen-bond donors (Lipinski definition) is 1. The van der Waals surface area contributed by atoms with Crippen LogP contribution >= 0.6 is 11.8 Å². The van der Waals surface area contributed by atoms with Crippen molar-refractivity contribution < 1.29 is 18.7 Å². The molecule has 0 unspecified atom stereocenters. The number of rotatable bonds is 4. The van der Waals surface area contributed by atoms with Crippen molar-refractivity contribution >= 4 is 23.8 Å². The van der Waals surface area contributed by atoms with Crippen LogP contribution in [-0.2, 0) is 9.53 Å². The molecule has 138 valence electrons. The standard InChI is InChI=1S/C18H25FN2O3S/c1-18(2,3)24-17(23)21-10-8-13(9-11-21)20-16(22)12-25-15-7-5-4-6-14(15)19/h4-7,13H,8-12H2,1-3H3,(H,20,22). The van der Waals surface area contributed by atoms with Crippen LogP contribution in [0.5, 0.6) is 0 Å². The molecule has 1 heterocycles.